The third-order valence-corrected chi connectivity index (χ3v) is 7.27. The lowest BCUT2D eigenvalue weighted by molar-refractivity contribution is -0.170. The van der Waals surface area contributed by atoms with Crippen molar-refractivity contribution >= 4 is 28.7 Å². The van der Waals surface area contributed by atoms with E-state index in [1.165, 1.54) is 0 Å². The molecule has 8 nitrogen and oxygen atoms in total. The van der Waals surface area contributed by atoms with E-state index in [4.69, 9.17) is 9.47 Å². The normalized spacial score (nSPS) is 17.3. The molecule has 0 aromatic heterocycles. The fourth-order valence-corrected chi connectivity index (χ4v) is 5.18. The number of aliphatic carboxylic acids is 1. The predicted octanol–water partition coefficient (Wildman–Crippen LogP) is 4.76. The molecule has 1 aliphatic heterocycles. The van der Waals surface area contributed by atoms with E-state index in [1.807, 2.05) is 57.2 Å². The van der Waals surface area contributed by atoms with Crippen LogP contribution in [0.1, 0.15) is 39.2 Å². The van der Waals surface area contributed by atoms with Gasteiger partial charge in [0, 0.05) is 60.5 Å². The van der Waals surface area contributed by atoms with E-state index in [0.29, 0.717) is 31.6 Å². The summed E-state index contributed by atoms with van der Waals surface area (Å²) < 4.78 is 14.3. The van der Waals surface area contributed by atoms with Crippen molar-refractivity contribution in [3.05, 3.63) is 46.9 Å². The Kier molecular flexibility index (Phi) is 9.52. The molecule has 0 aliphatic carbocycles. The fraction of sp³-hybridized carbons (Fsp3) is 0.577. The maximum atomic E-state index is 12.6. The van der Waals surface area contributed by atoms with Crippen LogP contribution in [0.25, 0.3) is 10.8 Å². The van der Waals surface area contributed by atoms with Gasteiger partial charge in [-0.3, -0.25) is 9.80 Å². The van der Waals surface area contributed by atoms with E-state index in [1.54, 1.807) is 7.11 Å². The van der Waals surface area contributed by atoms with Crippen molar-refractivity contribution in [3.63, 3.8) is 0 Å². The number of rotatable bonds is 13. The van der Waals surface area contributed by atoms with Crippen LogP contribution in [-0.4, -0.2) is 78.6 Å². The summed E-state index contributed by atoms with van der Waals surface area (Å²) in [6, 6.07) is 11.5. The molecule has 1 atom stereocenters. The molecule has 0 amide bonds. The molecule has 1 heterocycles. The maximum absolute atomic E-state index is 12.6. The minimum Gasteiger partial charge on any atom is -0.497 e. The summed E-state index contributed by atoms with van der Waals surface area (Å²) in [5.41, 5.74) is -0.717. The third kappa shape index (κ3) is 6.94. The molecule has 192 valence electrons. The first-order chi connectivity index (χ1) is 16.7. The topological polar surface area (TPSA) is 91.7 Å². The van der Waals surface area contributed by atoms with Crippen LogP contribution in [0.4, 0.5) is 0 Å². The van der Waals surface area contributed by atoms with Crippen LogP contribution in [0.15, 0.2) is 41.0 Å². The van der Waals surface area contributed by atoms with Gasteiger partial charge in [0.25, 0.3) is 0 Å². The van der Waals surface area contributed by atoms with Gasteiger partial charge in [0.15, 0.2) is 5.60 Å². The number of nitrogens with zero attached hydrogens (tertiary/aromatic N) is 3. The second kappa shape index (κ2) is 12.2. The van der Waals surface area contributed by atoms with Crippen molar-refractivity contribution in [1.82, 2.24) is 9.80 Å². The summed E-state index contributed by atoms with van der Waals surface area (Å²) in [5, 5.41) is 12.2. The second-order valence-electron chi connectivity index (χ2n) is 9.70. The van der Waals surface area contributed by atoms with Crippen LogP contribution in [0, 0.1) is 4.91 Å². The fourth-order valence-electron chi connectivity index (χ4n) is 4.73. The second-order valence-corrected chi connectivity index (χ2v) is 11.1. The lowest BCUT2D eigenvalue weighted by atomic mass is 9.87. The van der Waals surface area contributed by atoms with Crippen molar-refractivity contribution in [2.75, 3.05) is 53.0 Å². The van der Waals surface area contributed by atoms with Gasteiger partial charge in [-0.15, -0.1) is 4.91 Å². The monoisotopic (exact) mass is 503 g/mol. The number of hydrogen-bond donors (Lipinski definition) is 1. The van der Waals surface area contributed by atoms with Gasteiger partial charge < -0.3 is 14.6 Å². The Bertz CT molecular complexity index is 1010. The minimum atomic E-state index is -1.38. The predicted molar refractivity (Wildman–Crippen MR) is 141 cm³/mol. The highest BCUT2D eigenvalue weighted by molar-refractivity contribution is 7.99. The Labute approximate surface area is 212 Å². The molecule has 2 aromatic rings. The molecule has 9 heteroatoms. The first-order valence-electron chi connectivity index (χ1n) is 12.1. The minimum absolute atomic E-state index is 0.209. The van der Waals surface area contributed by atoms with Crippen molar-refractivity contribution < 1.29 is 19.4 Å². The van der Waals surface area contributed by atoms with Crippen LogP contribution >= 0.6 is 11.9 Å². The summed E-state index contributed by atoms with van der Waals surface area (Å²) in [5.74, 6) is -0.192. The molecular weight excluding hydrogens is 466 g/mol. The quantitative estimate of drug-likeness (QED) is 0.309. The maximum Gasteiger partial charge on any atom is 0.340 e. The number of benzene rings is 2. The Balaban J connectivity index is 1.65. The molecule has 1 fully saturated rings. The van der Waals surface area contributed by atoms with Gasteiger partial charge in [-0.05, 0) is 54.8 Å². The van der Waals surface area contributed by atoms with Gasteiger partial charge in [0.05, 0.1) is 13.7 Å². The Morgan fingerprint density at radius 1 is 1.09 bits per heavy atom. The van der Waals surface area contributed by atoms with Crippen molar-refractivity contribution in [1.29, 1.82) is 0 Å². The molecule has 1 N–H and O–H groups in total. The van der Waals surface area contributed by atoms with E-state index in [0.717, 1.165) is 61.2 Å². The van der Waals surface area contributed by atoms with E-state index in [2.05, 4.69) is 14.4 Å². The van der Waals surface area contributed by atoms with Gasteiger partial charge in [-0.25, -0.2) is 4.79 Å². The summed E-state index contributed by atoms with van der Waals surface area (Å²) >= 11 is 1.08. The zero-order chi connectivity index (χ0) is 25.5. The SMILES string of the molecule is CCC[C@@](OCCN1CCN(CC(C)(C)SN=O)CC1)(C(=O)O)c1ccc2cc(OC)ccc2c1. The van der Waals surface area contributed by atoms with Crippen LogP contribution in [0.5, 0.6) is 5.75 Å². The smallest absolute Gasteiger partial charge is 0.340 e. The summed E-state index contributed by atoms with van der Waals surface area (Å²) in [7, 11) is 1.63. The van der Waals surface area contributed by atoms with E-state index in [9.17, 15) is 14.8 Å². The number of carboxylic acids is 1. The van der Waals surface area contributed by atoms with Crippen LogP contribution in [0.2, 0.25) is 0 Å². The molecular formula is C26H37N3O5S. The Hall–Kier alpha value is -2.20. The number of ether oxygens (including phenoxy) is 2. The van der Waals surface area contributed by atoms with Crippen molar-refractivity contribution in [2.45, 2.75) is 44.0 Å². The number of hydrogen-bond acceptors (Lipinski definition) is 8. The molecule has 0 saturated carbocycles. The summed E-state index contributed by atoms with van der Waals surface area (Å²) in [6.45, 7) is 11.4. The molecule has 2 aromatic carbocycles. The molecule has 1 aliphatic rings. The average Bonchev–Trinajstić information content (AvgIpc) is 2.83. The van der Waals surface area contributed by atoms with Crippen molar-refractivity contribution in [3.8, 4) is 5.75 Å². The van der Waals surface area contributed by atoms with Gasteiger partial charge in [0.2, 0.25) is 0 Å². The molecule has 0 unspecified atom stereocenters. The van der Waals surface area contributed by atoms with Crippen LogP contribution in [0.3, 0.4) is 0 Å². The number of piperazine rings is 1. The highest BCUT2D eigenvalue weighted by Crippen LogP contribution is 2.34. The number of fused-ring (bicyclic) bond motifs is 1. The molecule has 0 spiro atoms. The van der Waals surface area contributed by atoms with E-state index < -0.39 is 11.6 Å². The number of methoxy groups -OCH3 is 1. The first-order valence-corrected chi connectivity index (χ1v) is 12.9. The highest BCUT2D eigenvalue weighted by atomic mass is 32.2. The van der Waals surface area contributed by atoms with Gasteiger partial charge in [-0.1, -0.05) is 31.5 Å². The van der Waals surface area contributed by atoms with Crippen LogP contribution in [-0.2, 0) is 15.1 Å². The Morgan fingerprint density at radius 2 is 1.74 bits per heavy atom. The number of carboxylic acid groups (broad SMARTS) is 1. The summed E-state index contributed by atoms with van der Waals surface area (Å²) in [4.78, 5) is 27.8. The first kappa shape index (κ1) is 27.4. The van der Waals surface area contributed by atoms with E-state index in [-0.39, 0.29) is 4.75 Å². The number of carbonyl (C=O) groups is 1. The highest BCUT2D eigenvalue weighted by Gasteiger charge is 2.41. The average molecular weight is 504 g/mol. The number of nitroso groups, excluding NO2 is 1. The standard InChI is InChI=1S/C26H37N3O5S/c1-5-10-26(24(30)31,22-8-6-21-18-23(33-4)9-7-20(21)17-22)34-16-15-28-11-13-29(14-12-28)19-25(2,3)35-27-32/h6-9,17-18H,5,10-16,19H2,1-4H3,(H,30,31)/t26-/m0/s1. The van der Waals surface area contributed by atoms with Gasteiger partial charge in [-0.2, -0.15) is 0 Å². The van der Waals surface area contributed by atoms with E-state index >= 15 is 0 Å². The Morgan fingerprint density at radius 3 is 2.37 bits per heavy atom. The van der Waals surface area contributed by atoms with Crippen molar-refractivity contribution in [2.24, 2.45) is 4.58 Å². The van der Waals surface area contributed by atoms with Crippen LogP contribution < -0.4 is 4.74 Å². The zero-order valence-corrected chi connectivity index (χ0v) is 22.0. The molecule has 3 rings (SSSR count). The van der Waals surface area contributed by atoms with Gasteiger partial charge in [0.1, 0.15) is 5.75 Å². The molecule has 0 radical (unpaired) electrons. The lowest BCUT2D eigenvalue weighted by Crippen LogP contribution is -2.50. The summed E-state index contributed by atoms with van der Waals surface area (Å²) in [6.07, 6.45) is 1.09. The largest absolute Gasteiger partial charge is 0.497 e. The zero-order valence-electron chi connectivity index (χ0n) is 21.2. The third-order valence-electron chi connectivity index (χ3n) is 6.57. The molecule has 35 heavy (non-hydrogen) atoms. The van der Waals surface area contributed by atoms with Gasteiger partial charge >= 0.3 is 5.97 Å². The lowest BCUT2D eigenvalue weighted by Gasteiger charge is -2.38. The molecule has 1 saturated heterocycles. The molecule has 0 bridgehead atoms.